The van der Waals surface area contributed by atoms with Crippen LogP contribution in [0.2, 0.25) is 0 Å². The summed E-state index contributed by atoms with van der Waals surface area (Å²) in [6, 6.07) is 12.4. The summed E-state index contributed by atoms with van der Waals surface area (Å²) in [5, 5.41) is 2.79. The molecule has 23 heavy (non-hydrogen) atoms. The average Bonchev–Trinajstić information content (AvgIpc) is 3.03. The SMILES string of the molecule is COc1ccccc1O[C@@H](C)C(=O)Nc1ccc2c(c1)OCO2. The molecule has 1 atom stereocenters. The molecule has 1 heterocycles. The first-order valence-corrected chi connectivity index (χ1v) is 7.17. The van der Waals surface area contributed by atoms with E-state index >= 15 is 0 Å². The Bertz CT molecular complexity index is 716. The van der Waals surface area contributed by atoms with Crippen LogP contribution < -0.4 is 24.3 Å². The number of hydrogen-bond donors (Lipinski definition) is 1. The Hall–Kier alpha value is -2.89. The summed E-state index contributed by atoms with van der Waals surface area (Å²) in [5.74, 6) is 2.11. The quantitative estimate of drug-likeness (QED) is 0.919. The molecular formula is C17H17NO5. The van der Waals surface area contributed by atoms with Crippen molar-refractivity contribution in [1.29, 1.82) is 0 Å². The van der Waals surface area contributed by atoms with Gasteiger partial charge in [-0.3, -0.25) is 4.79 Å². The Morgan fingerprint density at radius 3 is 2.65 bits per heavy atom. The molecule has 3 rings (SSSR count). The zero-order valence-corrected chi connectivity index (χ0v) is 12.9. The van der Waals surface area contributed by atoms with Crippen molar-refractivity contribution in [3.63, 3.8) is 0 Å². The van der Waals surface area contributed by atoms with Gasteiger partial charge in [0.2, 0.25) is 6.79 Å². The highest BCUT2D eigenvalue weighted by Gasteiger charge is 2.19. The van der Waals surface area contributed by atoms with E-state index < -0.39 is 6.10 Å². The van der Waals surface area contributed by atoms with Crippen LogP contribution in [-0.4, -0.2) is 25.9 Å². The number of carbonyl (C=O) groups is 1. The van der Waals surface area contributed by atoms with Gasteiger partial charge in [0.25, 0.3) is 5.91 Å². The molecule has 0 fully saturated rings. The van der Waals surface area contributed by atoms with E-state index in [1.807, 2.05) is 12.1 Å². The van der Waals surface area contributed by atoms with Crippen molar-refractivity contribution in [1.82, 2.24) is 0 Å². The van der Waals surface area contributed by atoms with Crippen LogP contribution in [0.3, 0.4) is 0 Å². The van der Waals surface area contributed by atoms with Gasteiger partial charge in [0, 0.05) is 11.8 Å². The number of carbonyl (C=O) groups excluding carboxylic acids is 1. The molecule has 2 aromatic rings. The lowest BCUT2D eigenvalue weighted by molar-refractivity contribution is -0.122. The average molecular weight is 315 g/mol. The first kappa shape index (κ1) is 15.0. The summed E-state index contributed by atoms with van der Waals surface area (Å²) >= 11 is 0. The first-order valence-electron chi connectivity index (χ1n) is 7.17. The van der Waals surface area contributed by atoms with E-state index in [2.05, 4.69) is 5.32 Å². The maximum absolute atomic E-state index is 12.3. The highest BCUT2D eigenvalue weighted by molar-refractivity contribution is 5.94. The molecule has 120 valence electrons. The second kappa shape index (κ2) is 6.48. The number of fused-ring (bicyclic) bond motifs is 1. The number of benzene rings is 2. The first-order chi connectivity index (χ1) is 11.2. The maximum Gasteiger partial charge on any atom is 0.265 e. The van der Waals surface area contributed by atoms with Crippen molar-refractivity contribution in [2.75, 3.05) is 19.2 Å². The predicted octanol–water partition coefficient (Wildman–Crippen LogP) is 2.83. The summed E-state index contributed by atoms with van der Waals surface area (Å²) in [7, 11) is 1.56. The largest absolute Gasteiger partial charge is 0.493 e. The number of hydrogen-bond acceptors (Lipinski definition) is 5. The number of nitrogens with one attached hydrogen (secondary N) is 1. The van der Waals surface area contributed by atoms with Crippen molar-refractivity contribution in [3.05, 3.63) is 42.5 Å². The van der Waals surface area contributed by atoms with Crippen LogP contribution in [0.15, 0.2) is 42.5 Å². The summed E-state index contributed by atoms with van der Waals surface area (Å²) in [6.07, 6.45) is -0.684. The van der Waals surface area contributed by atoms with E-state index in [1.165, 1.54) is 0 Å². The molecule has 0 unspecified atom stereocenters. The monoisotopic (exact) mass is 315 g/mol. The van der Waals surface area contributed by atoms with Gasteiger partial charge in [0.15, 0.2) is 29.1 Å². The number of amides is 1. The number of ether oxygens (including phenoxy) is 4. The molecule has 0 saturated carbocycles. The van der Waals surface area contributed by atoms with Crippen LogP contribution in [0.4, 0.5) is 5.69 Å². The van der Waals surface area contributed by atoms with E-state index in [-0.39, 0.29) is 12.7 Å². The predicted molar refractivity (Wildman–Crippen MR) is 84.3 cm³/mol. The topological polar surface area (TPSA) is 66.0 Å². The molecule has 1 aliphatic heterocycles. The minimum absolute atomic E-state index is 0.194. The molecule has 0 aromatic heterocycles. The second-order valence-electron chi connectivity index (χ2n) is 4.97. The fraction of sp³-hybridized carbons (Fsp3) is 0.235. The van der Waals surface area contributed by atoms with Crippen LogP contribution in [0.5, 0.6) is 23.0 Å². The van der Waals surface area contributed by atoms with Gasteiger partial charge in [-0.05, 0) is 31.2 Å². The Balaban J connectivity index is 1.66. The summed E-state index contributed by atoms with van der Waals surface area (Å²) in [4.78, 5) is 12.3. The Kier molecular flexibility index (Phi) is 4.23. The Morgan fingerprint density at radius 2 is 1.87 bits per heavy atom. The molecule has 1 N–H and O–H groups in total. The van der Waals surface area contributed by atoms with Gasteiger partial charge in [-0.1, -0.05) is 12.1 Å². The van der Waals surface area contributed by atoms with Crippen molar-refractivity contribution < 1.29 is 23.7 Å². The summed E-state index contributed by atoms with van der Waals surface area (Å²) in [5.41, 5.74) is 0.620. The van der Waals surface area contributed by atoms with Crippen molar-refractivity contribution in [2.45, 2.75) is 13.0 Å². The fourth-order valence-corrected chi connectivity index (χ4v) is 2.18. The number of anilines is 1. The number of rotatable bonds is 5. The van der Waals surface area contributed by atoms with Gasteiger partial charge in [0.1, 0.15) is 0 Å². The summed E-state index contributed by atoms with van der Waals surface area (Å²) in [6.45, 7) is 1.87. The fourth-order valence-electron chi connectivity index (χ4n) is 2.18. The summed E-state index contributed by atoms with van der Waals surface area (Å²) < 4.78 is 21.4. The van der Waals surface area contributed by atoms with Gasteiger partial charge < -0.3 is 24.3 Å². The van der Waals surface area contributed by atoms with Gasteiger partial charge >= 0.3 is 0 Å². The van der Waals surface area contributed by atoms with Crippen LogP contribution in [0.25, 0.3) is 0 Å². The molecule has 0 radical (unpaired) electrons. The minimum Gasteiger partial charge on any atom is -0.493 e. The third-order valence-corrected chi connectivity index (χ3v) is 3.38. The molecule has 6 heteroatoms. The van der Waals surface area contributed by atoms with E-state index in [0.29, 0.717) is 28.7 Å². The van der Waals surface area contributed by atoms with Crippen LogP contribution in [-0.2, 0) is 4.79 Å². The normalized spacial score (nSPS) is 13.3. The van der Waals surface area contributed by atoms with Gasteiger partial charge in [0.05, 0.1) is 7.11 Å². The van der Waals surface area contributed by atoms with Crippen LogP contribution >= 0.6 is 0 Å². The lowest BCUT2D eigenvalue weighted by Gasteiger charge is -2.16. The van der Waals surface area contributed by atoms with Crippen molar-refractivity contribution in [2.24, 2.45) is 0 Å². The molecular weight excluding hydrogens is 298 g/mol. The lowest BCUT2D eigenvalue weighted by atomic mass is 10.2. The zero-order chi connectivity index (χ0) is 16.2. The van der Waals surface area contributed by atoms with Crippen LogP contribution in [0, 0.1) is 0 Å². The third kappa shape index (κ3) is 3.31. The third-order valence-electron chi connectivity index (χ3n) is 3.38. The van der Waals surface area contributed by atoms with E-state index in [4.69, 9.17) is 18.9 Å². The molecule has 1 aliphatic rings. The number of methoxy groups -OCH3 is 1. The van der Waals surface area contributed by atoms with E-state index in [9.17, 15) is 4.79 Å². The molecule has 0 saturated heterocycles. The molecule has 0 aliphatic carbocycles. The van der Waals surface area contributed by atoms with Gasteiger partial charge in [-0.2, -0.15) is 0 Å². The standard InChI is InChI=1S/C17H17NO5/c1-11(23-15-6-4-3-5-13(15)20-2)17(19)18-12-7-8-14-16(9-12)22-10-21-14/h3-9,11H,10H2,1-2H3,(H,18,19)/t11-/m0/s1. The molecule has 0 bridgehead atoms. The molecule has 1 amide bonds. The minimum atomic E-state index is -0.684. The van der Waals surface area contributed by atoms with Crippen molar-refractivity contribution in [3.8, 4) is 23.0 Å². The van der Waals surface area contributed by atoms with E-state index in [1.54, 1.807) is 44.4 Å². The lowest BCUT2D eigenvalue weighted by Crippen LogP contribution is -2.30. The molecule has 2 aromatic carbocycles. The number of para-hydroxylation sites is 2. The second-order valence-corrected chi connectivity index (χ2v) is 4.97. The highest BCUT2D eigenvalue weighted by Crippen LogP contribution is 2.34. The van der Waals surface area contributed by atoms with Crippen molar-refractivity contribution >= 4 is 11.6 Å². The van der Waals surface area contributed by atoms with E-state index in [0.717, 1.165) is 0 Å². The molecule has 6 nitrogen and oxygen atoms in total. The highest BCUT2D eigenvalue weighted by atomic mass is 16.7. The van der Waals surface area contributed by atoms with Gasteiger partial charge in [-0.25, -0.2) is 0 Å². The van der Waals surface area contributed by atoms with Crippen LogP contribution in [0.1, 0.15) is 6.92 Å². The molecule has 0 spiro atoms. The maximum atomic E-state index is 12.3. The Morgan fingerprint density at radius 1 is 1.13 bits per heavy atom. The smallest absolute Gasteiger partial charge is 0.265 e. The zero-order valence-electron chi connectivity index (χ0n) is 12.9. The Labute approximate surface area is 133 Å². The van der Waals surface area contributed by atoms with Gasteiger partial charge in [-0.15, -0.1) is 0 Å².